The Hall–Kier alpha value is -2.87. The minimum absolute atomic E-state index is 0.00871. The Labute approximate surface area is 192 Å². The van der Waals surface area contributed by atoms with Crippen LogP contribution in [0.3, 0.4) is 0 Å². The van der Waals surface area contributed by atoms with E-state index < -0.39 is 6.29 Å². The van der Waals surface area contributed by atoms with Gasteiger partial charge in [0, 0.05) is 30.7 Å². The van der Waals surface area contributed by atoms with Crippen LogP contribution in [-0.4, -0.2) is 39.4 Å². The van der Waals surface area contributed by atoms with E-state index >= 15 is 0 Å². The van der Waals surface area contributed by atoms with Crippen molar-refractivity contribution in [2.75, 3.05) is 28.4 Å². The highest BCUT2D eigenvalue weighted by Gasteiger charge is 2.30. The molecule has 0 amide bonds. The molecule has 0 N–H and O–H groups in total. The minimum atomic E-state index is -0.772. The maximum Gasteiger partial charge on any atom is 0.204 e. The van der Waals surface area contributed by atoms with Gasteiger partial charge in [-0.1, -0.05) is 42.7 Å². The fourth-order valence-electron chi connectivity index (χ4n) is 3.59. The predicted molar refractivity (Wildman–Crippen MR) is 121 cm³/mol. The van der Waals surface area contributed by atoms with E-state index in [1.165, 1.54) is 28.4 Å². The zero-order valence-corrected chi connectivity index (χ0v) is 19.6. The number of rotatable bonds is 9. The van der Waals surface area contributed by atoms with Crippen LogP contribution >= 0.6 is 11.6 Å². The number of para-hydroxylation sites is 1. The van der Waals surface area contributed by atoms with Crippen LogP contribution in [0.5, 0.6) is 11.5 Å². The van der Waals surface area contributed by atoms with Crippen LogP contribution in [0.4, 0.5) is 0 Å². The molecule has 0 bridgehead atoms. The highest BCUT2D eigenvalue weighted by atomic mass is 35.5. The largest absolute Gasteiger partial charge is 0.493 e. The van der Waals surface area contributed by atoms with Crippen LogP contribution in [-0.2, 0) is 9.47 Å². The molecular weight excluding hydrogens is 434 g/mol. The lowest BCUT2D eigenvalue weighted by Crippen LogP contribution is -2.10. The number of aromatic nitrogens is 1. The van der Waals surface area contributed by atoms with Crippen molar-refractivity contribution in [1.82, 2.24) is 5.16 Å². The first-order valence-corrected chi connectivity index (χ1v) is 10.4. The molecule has 0 saturated heterocycles. The van der Waals surface area contributed by atoms with Gasteiger partial charge in [-0.15, -0.1) is 0 Å². The molecule has 0 radical (unpaired) electrons. The van der Waals surface area contributed by atoms with Gasteiger partial charge in [-0.05, 0) is 29.8 Å². The molecule has 8 heteroatoms. The molecule has 32 heavy (non-hydrogen) atoms. The van der Waals surface area contributed by atoms with Crippen molar-refractivity contribution >= 4 is 17.4 Å². The summed E-state index contributed by atoms with van der Waals surface area (Å²) < 4.78 is 27.3. The topological polar surface area (TPSA) is 80.0 Å². The maximum absolute atomic E-state index is 13.8. The van der Waals surface area contributed by atoms with Crippen molar-refractivity contribution in [2.45, 2.75) is 26.1 Å². The lowest BCUT2D eigenvalue weighted by Gasteiger charge is -2.17. The van der Waals surface area contributed by atoms with E-state index in [-0.39, 0.29) is 11.7 Å². The van der Waals surface area contributed by atoms with Crippen molar-refractivity contribution in [3.8, 4) is 22.6 Å². The summed E-state index contributed by atoms with van der Waals surface area (Å²) in [6.45, 7) is 3.95. The monoisotopic (exact) mass is 459 g/mol. The summed E-state index contributed by atoms with van der Waals surface area (Å²) in [5, 5.41) is 4.61. The average molecular weight is 460 g/mol. The van der Waals surface area contributed by atoms with Gasteiger partial charge in [0.25, 0.3) is 0 Å². The molecule has 0 unspecified atom stereocenters. The first-order chi connectivity index (χ1) is 15.4. The molecule has 3 aromatic rings. The quantitative estimate of drug-likeness (QED) is 0.301. The number of ether oxygens (including phenoxy) is 4. The van der Waals surface area contributed by atoms with Gasteiger partial charge in [0.1, 0.15) is 11.5 Å². The van der Waals surface area contributed by atoms with E-state index in [1.54, 1.807) is 36.4 Å². The number of hydrogen-bond acceptors (Lipinski definition) is 7. The average Bonchev–Trinajstić information content (AvgIpc) is 3.23. The fraction of sp³-hybridized carbons (Fsp3) is 0.333. The third-order valence-electron chi connectivity index (χ3n) is 5.06. The summed E-state index contributed by atoms with van der Waals surface area (Å²) in [5.74, 6) is 1.10. The van der Waals surface area contributed by atoms with E-state index in [1.807, 2.05) is 13.8 Å². The number of methoxy groups -OCH3 is 4. The van der Waals surface area contributed by atoms with Crippen LogP contribution in [0.1, 0.15) is 53.4 Å². The van der Waals surface area contributed by atoms with Crippen LogP contribution < -0.4 is 9.47 Å². The van der Waals surface area contributed by atoms with Gasteiger partial charge in [0.15, 0.2) is 17.3 Å². The Morgan fingerprint density at radius 3 is 2.31 bits per heavy atom. The van der Waals surface area contributed by atoms with Crippen molar-refractivity contribution in [2.24, 2.45) is 0 Å². The molecule has 0 aliphatic heterocycles. The van der Waals surface area contributed by atoms with Gasteiger partial charge in [-0.3, -0.25) is 4.79 Å². The summed E-state index contributed by atoms with van der Waals surface area (Å²) >= 11 is 6.30. The van der Waals surface area contributed by atoms with Gasteiger partial charge in [0.2, 0.25) is 6.29 Å². The second-order valence-corrected chi connectivity index (χ2v) is 7.76. The highest BCUT2D eigenvalue weighted by Crippen LogP contribution is 2.41. The van der Waals surface area contributed by atoms with Crippen LogP contribution in [0.25, 0.3) is 11.1 Å². The number of carbonyl (C=O) groups is 1. The minimum Gasteiger partial charge on any atom is -0.493 e. The lowest BCUT2D eigenvalue weighted by molar-refractivity contribution is -0.109. The van der Waals surface area contributed by atoms with Gasteiger partial charge >= 0.3 is 0 Å². The smallest absolute Gasteiger partial charge is 0.204 e. The molecule has 3 rings (SSSR count). The van der Waals surface area contributed by atoms with Crippen LogP contribution in [0, 0.1) is 0 Å². The summed E-state index contributed by atoms with van der Waals surface area (Å²) in [6.07, 6.45) is -0.772. The molecule has 0 aliphatic carbocycles. The van der Waals surface area contributed by atoms with Crippen molar-refractivity contribution in [1.29, 1.82) is 0 Å². The molecule has 0 fully saturated rings. The predicted octanol–water partition coefficient (Wildman–Crippen LogP) is 5.66. The standard InChI is InChI=1S/C24H26ClNO6/c1-13(2)22-19(20(26-32-22)24(30-5)31-6)15-11-10-14(25)12-17(15)21(27)16-8-7-9-18(28-3)23(16)29-4/h7-13,24H,1-6H3. The van der Waals surface area contributed by atoms with Crippen molar-refractivity contribution in [3.05, 3.63) is 64.0 Å². The van der Waals surface area contributed by atoms with Gasteiger partial charge < -0.3 is 23.5 Å². The number of halogens is 1. The van der Waals surface area contributed by atoms with Crippen LogP contribution in [0.2, 0.25) is 5.02 Å². The molecule has 7 nitrogen and oxygen atoms in total. The fourth-order valence-corrected chi connectivity index (χ4v) is 3.77. The molecule has 1 aromatic heterocycles. The van der Waals surface area contributed by atoms with E-state index in [9.17, 15) is 4.79 Å². The van der Waals surface area contributed by atoms with Gasteiger partial charge in [-0.25, -0.2) is 0 Å². The number of benzene rings is 2. The molecule has 0 atom stereocenters. The van der Waals surface area contributed by atoms with Crippen LogP contribution in [0.15, 0.2) is 40.9 Å². The summed E-state index contributed by atoms with van der Waals surface area (Å²) in [6, 6.07) is 10.2. The van der Waals surface area contributed by atoms with E-state index in [2.05, 4.69) is 5.16 Å². The number of carbonyl (C=O) groups excluding carboxylic acids is 1. The maximum atomic E-state index is 13.8. The van der Waals surface area contributed by atoms with Gasteiger partial charge in [-0.2, -0.15) is 0 Å². The SMILES string of the molecule is COc1cccc(C(=O)c2cc(Cl)ccc2-c2c(C(OC)OC)noc2C(C)C)c1OC. The van der Waals surface area contributed by atoms with E-state index in [4.69, 9.17) is 35.1 Å². The molecule has 170 valence electrons. The Kier molecular flexibility index (Phi) is 7.56. The Morgan fingerprint density at radius 1 is 1.00 bits per heavy atom. The first-order valence-electron chi connectivity index (χ1n) is 9.98. The Morgan fingerprint density at radius 2 is 1.72 bits per heavy atom. The summed E-state index contributed by atoms with van der Waals surface area (Å²) in [7, 11) is 6.03. The second-order valence-electron chi connectivity index (χ2n) is 7.33. The molecule has 0 aliphatic rings. The molecule has 1 heterocycles. The summed E-state index contributed by atoms with van der Waals surface area (Å²) in [5.41, 5.74) is 2.38. The van der Waals surface area contributed by atoms with Crippen molar-refractivity contribution in [3.63, 3.8) is 0 Å². The third-order valence-corrected chi connectivity index (χ3v) is 5.30. The van der Waals surface area contributed by atoms with Gasteiger partial charge in [0.05, 0.1) is 25.3 Å². The van der Waals surface area contributed by atoms with E-state index in [0.717, 1.165) is 0 Å². The second kappa shape index (κ2) is 10.2. The Bertz CT molecular complexity index is 1100. The lowest BCUT2D eigenvalue weighted by atomic mass is 9.90. The zero-order valence-electron chi connectivity index (χ0n) is 18.9. The normalized spacial score (nSPS) is 11.3. The molecule has 0 spiro atoms. The number of ketones is 1. The molecule has 2 aromatic carbocycles. The number of nitrogens with zero attached hydrogens (tertiary/aromatic N) is 1. The van der Waals surface area contributed by atoms with Crippen molar-refractivity contribution < 1.29 is 28.3 Å². The zero-order chi connectivity index (χ0) is 23.4. The first kappa shape index (κ1) is 23.8. The molecule has 0 saturated carbocycles. The highest BCUT2D eigenvalue weighted by molar-refractivity contribution is 6.31. The van der Waals surface area contributed by atoms with E-state index in [0.29, 0.717) is 50.2 Å². The number of hydrogen-bond donors (Lipinski definition) is 0. The third kappa shape index (κ3) is 4.37. The molecular formula is C24H26ClNO6. The Balaban J connectivity index is 2.28. The summed E-state index contributed by atoms with van der Waals surface area (Å²) in [4.78, 5) is 13.8.